The highest BCUT2D eigenvalue weighted by molar-refractivity contribution is 7.92. The summed E-state index contributed by atoms with van der Waals surface area (Å²) in [7, 11) is -3.88. The first-order valence-corrected chi connectivity index (χ1v) is 8.92. The second-order valence-electron chi connectivity index (χ2n) is 5.79. The molecule has 0 radical (unpaired) electrons. The van der Waals surface area contributed by atoms with Crippen molar-refractivity contribution in [3.05, 3.63) is 52.5 Å². The summed E-state index contributed by atoms with van der Waals surface area (Å²) in [6.07, 6.45) is 0. The van der Waals surface area contributed by atoms with Crippen molar-refractivity contribution in [2.45, 2.75) is 17.7 Å². The molecule has 1 amide bonds. The van der Waals surface area contributed by atoms with Crippen LogP contribution in [-0.2, 0) is 14.8 Å². The summed E-state index contributed by atoms with van der Waals surface area (Å²) >= 11 is 0. The Balaban J connectivity index is 1.69. The van der Waals surface area contributed by atoms with E-state index in [0.717, 1.165) is 5.56 Å². The number of amides is 1. The van der Waals surface area contributed by atoms with E-state index >= 15 is 0 Å². The molecule has 1 aliphatic heterocycles. The first-order valence-electron chi connectivity index (χ1n) is 7.44. The maximum Gasteiger partial charge on any atom is 0.417 e. The van der Waals surface area contributed by atoms with Crippen LogP contribution < -0.4 is 15.8 Å². The number of carbonyl (C=O) groups is 1. The standard InChI is InChI=1S/C16H13N3O5S/c1-8-11-6-9(2-4-12(11)17-15(8)20)19-25(22,23)10-3-5-13-14(7-10)24-16(21)18-13/h2-8,19H,1H3,(H,17,20)(H,18,21). The van der Waals surface area contributed by atoms with E-state index in [-0.39, 0.29) is 22.3 Å². The number of carbonyl (C=O) groups excluding carboxylic acids is 1. The van der Waals surface area contributed by atoms with Crippen molar-refractivity contribution in [2.75, 3.05) is 10.0 Å². The number of anilines is 2. The second-order valence-corrected chi connectivity index (χ2v) is 7.47. The monoisotopic (exact) mass is 359 g/mol. The number of nitrogens with one attached hydrogen (secondary N) is 3. The van der Waals surface area contributed by atoms with Crippen molar-refractivity contribution in [1.82, 2.24) is 4.98 Å². The van der Waals surface area contributed by atoms with Crippen LogP contribution in [-0.4, -0.2) is 19.3 Å². The van der Waals surface area contributed by atoms with E-state index < -0.39 is 15.8 Å². The smallest absolute Gasteiger partial charge is 0.408 e. The summed E-state index contributed by atoms with van der Waals surface area (Å²) in [5, 5.41) is 2.73. The van der Waals surface area contributed by atoms with Crippen LogP contribution in [0.5, 0.6) is 0 Å². The molecule has 2 heterocycles. The Morgan fingerprint density at radius 3 is 2.72 bits per heavy atom. The minimum absolute atomic E-state index is 0.0366. The van der Waals surface area contributed by atoms with Crippen LogP contribution in [0.15, 0.2) is 50.5 Å². The van der Waals surface area contributed by atoms with Gasteiger partial charge in [0.15, 0.2) is 5.58 Å². The number of rotatable bonds is 3. The van der Waals surface area contributed by atoms with Crippen molar-refractivity contribution in [2.24, 2.45) is 0 Å². The predicted octanol–water partition coefficient (Wildman–Crippen LogP) is 1.98. The number of sulfonamides is 1. The van der Waals surface area contributed by atoms with Crippen LogP contribution in [0, 0.1) is 0 Å². The largest absolute Gasteiger partial charge is 0.417 e. The van der Waals surface area contributed by atoms with Gasteiger partial charge in [0.2, 0.25) is 5.91 Å². The minimum Gasteiger partial charge on any atom is -0.408 e. The molecule has 3 aromatic rings. The van der Waals surface area contributed by atoms with Crippen LogP contribution in [0.25, 0.3) is 11.1 Å². The fourth-order valence-corrected chi connectivity index (χ4v) is 3.85. The molecule has 2 aromatic carbocycles. The zero-order valence-corrected chi connectivity index (χ0v) is 13.8. The lowest BCUT2D eigenvalue weighted by atomic mass is 10.0. The van der Waals surface area contributed by atoms with Crippen molar-refractivity contribution in [3.8, 4) is 0 Å². The second kappa shape index (κ2) is 5.21. The highest BCUT2D eigenvalue weighted by Crippen LogP contribution is 2.34. The lowest BCUT2D eigenvalue weighted by Crippen LogP contribution is -2.13. The maximum atomic E-state index is 12.6. The molecule has 9 heteroatoms. The van der Waals surface area contributed by atoms with Gasteiger partial charge in [0.1, 0.15) is 0 Å². The van der Waals surface area contributed by atoms with E-state index in [1.54, 1.807) is 25.1 Å². The van der Waals surface area contributed by atoms with Crippen molar-refractivity contribution in [3.63, 3.8) is 0 Å². The Hall–Kier alpha value is -3.07. The molecule has 0 fully saturated rings. The molecule has 25 heavy (non-hydrogen) atoms. The van der Waals surface area contributed by atoms with Gasteiger partial charge < -0.3 is 9.73 Å². The number of benzene rings is 2. The van der Waals surface area contributed by atoms with Gasteiger partial charge in [-0.25, -0.2) is 13.2 Å². The van der Waals surface area contributed by atoms with E-state index in [1.165, 1.54) is 18.2 Å². The normalized spacial score (nSPS) is 16.7. The molecule has 128 valence electrons. The van der Waals surface area contributed by atoms with Gasteiger partial charge in [-0.1, -0.05) is 0 Å². The van der Waals surface area contributed by atoms with Crippen molar-refractivity contribution < 1.29 is 17.6 Å². The van der Waals surface area contributed by atoms with Crippen LogP contribution in [0.4, 0.5) is 11.4 Å². The van der Waals surface area contributed by atoms with Gasteiger partial charge in [-0.3, -0.25) is 14.5 Å². The molecule has 3 N–H and O–H groups in total. The number of hydrogen-bond donors (Lipinski definition) is 3. The first kappa shape index (κ1) is 15.5. The Morgan fingerprint density at radius 1 is 1.12 bits per heavy atom. The zero-order chi connectivity index (χ0) is 17.8. The Bertz CT molecular complexity index is 1180. The summed E-state index contributed by atoms with van der Waals surface area (Å²) < 4.78 is 32.5. The van der Waals surface area contributed by atoms with Gasteiger partial charge in [0.25, 0.3) is 10.0 Å². The van der Waals surface area contributed by atoms with Gasteiger partial charge in [0, 0.05) is 17.4 Å². The molecule has 8 nitrogen and oxygen atoms in total. The van der Waals surface area contributed by atoms with Gasteiger partial charge in [0.05, 0.1) is 16.3 Å². The fourth-order valence-electron chi connectivity index (χ4n) is 2.79. The van der Waals surface area contributed by atoms with E-state index in [9.17, 15) is 18.0 Å². The average Bonchev–Trinajstić information content (AvgIpc) is 3.06. The van der Waals surface area contributed by atoms with Crippen LogP contribution in [0.2, 0.25) is 0 Å². The third-order valence-electron chi connectivity index (χ3n) is 4.12. The lowest BCUT2D eigenvalue weighted by Gasteiger charge is -2.10. The summed E-state index contributed by atoms with van der Waals surface area (Å²) in [4.78, 5) is 25.3. The third-order valence-corrected chi connectivity index (χ3v) is 5.50. The quantitative estimate of drug-likeness (QED) is 0.660. The zero-order valence-electron chi connectivity index (χ0n) is 13.0. The topological polar surface area (TPSA) is 121 Å². The number of fused-ring (bicyclic) bond motifs is 2. The molecule has 1 atom stereocenters. The highest BCUT2D eigenvalue weighted by atomic mass is 32.2. The summed E-state index contributed by atoms with van der Waals surface area (Å²) in [6.45, 7) is 1.75. The summed E-state index contributed by atoms with van der Waals surface area (Å²) in [6, 6.07) is 8.97. The molecule has 1 unspecified atom stereocenters. The highest BCUT2D eigenvalue weighted by Gasteiger charge is 2.27. The van der Waals surface area contributed by atoms with Crippen LogP contribution in [0.3, 0.4) is 0 Å². The van der Waals surface area contributed by atoms with Gasteiger partial charge in [-0.05, 0) is 42.8 Å². The van der Waals surface area contributed by atoms with E-state index in [4.69, 9.17) is 4.42 Å². The van der Waals surface area contributed by atoms with Crippen molar-refractivity contribution in [1.29, 1.82) is 0 Å². The van der Waals surface area contributed by atoms with E-state index in [2.05, 4.69) is 15.0 Å². The first-order chi connectivity index (χ1) is 11.8. The number of aromatic amines is 1. The maximum absolute atomic E-state index is 12.6. The molecule has 0 aliphatic carbocycles. The summed E-state index contributed by atoms with van der Waals surface area (Å²) in [5.74, 6) is -1.12. The Morgan fingerprint density at radius 2 is 1.92 bits per heavy atom. The van der Waals surface area contributed by atoms with E-state index in [0.29, 0.717) is 16.9 Å². The molecule has 0 saturated heterocycles. The number of aromatic nitrogens is 1. The number of H-pyrrole nitrogens is 1. The average molecular weight is 359 g/mol. The predicted molar refractivity (Wildman–Crippen MR) is 91.1 cm³/mol. The van der Waals surface area contributed by atoms with Crippen LogP contribution in [0.1, 0.15) is 18.4 Å². The Kier molecular flexibility index (Phi) is 3.22. The molecule has 0 bridgehead atoms. The SMILES string of the molecule is CC1C(=O)Nc2ccc(NS(=O)(=O)c3ccc4[nH]c(=O)oc4c3)cc21. The van der Waals surface area contributed by atoms with Crippen LogP contribution >= 0.6 is 0 Å². The molecule has 0 saturated carbocycles. The van der Waals surface area contributed by atoms with Gasteiger partial charge >= 0.3 is 5.76 Å². The minimum atomic E-state index is -3.88. The molecule has 1 aliphatic rings. The third kappa shape index (κ3) is 2.58. The van der Waals surface area contributed by atoms with Crippen molar-refractivity contribution >= 4 is 38.4 Å². The van der Waals surface area contributed by atoms with Gasteiger partial charge in [-0.15, -0.1) is 0 Å². The molecule has 4 rings (SSSR count). The molecule has 1 aromatic heterocycles. The molecular formula is C16H13N3O5S. The molecule has 0 spiro atoms. The summed E-state index contributed by atoms with van der Waals surface area (Å²) in [5.41, 5.74) is 2.33. The lowest BCUT2D eigenvalue weighted by molar-refractivity contribution is -0.116. The fraction of sp³-hybridized carbons (Fsp3) is 0.125. The Labute approximate surface area is 141 Å². The number of hydrogen-bond acceptors (Lipinski definition) is 5. The number of oxazole rings is 1. The van der Waals surface area contributed by atoms with E-state index in [1.807, 2.05) is 0 Å². The van der Waals surface area contributed by atoms with Gasteiger partial charge in [-0.2, -0.15) is 0 Å². The molecular weight excluding hydrogens is 346 g/mol.